The highest BCUT2D eigenvalue weighted by molar-refractivity contribution is 14.1. The smallest absolute Gasteiger partial charge is 0.262 e. The molecule has 0 aromatic heterocycles. The number of carbonyl (C=O) groups is 1. The fourth-order valence-electron chi connectivity index (χ4n) is 3.01. The lowest BCUT2D eigenvalue weighted by atomic mass is 10.2. The first kappa shape index (κ1) is 24.2. The van der Waals surface area contributed by atoms with Crippen molar-refractivity contribution in [1.29, 1.82) is 0 Å². The maximum atomic E-state index is 12.4. The number of nitrogens with one attached hydrogen (secondary N) is 2. The van der Waals surface area contributed by atoms with Crippen LogP contribution in [0.1, 0.15) is 23.6 Å². The number of anilines is 2. The van der Waals surface area contributed by atoms with Crippen molar-refractivity contribution in [2.45, 2.75) is 27.3 Å². The van der Waals surface area contributed by atoms with Crippen molar-refractivity contribution in [3.05, 3.63) is 79.9 Å². The highest BCUT2D eigenvalue weighted by Crippen LogP contribution is 2.34. The molecule has 3 rings (SSSR count). The normalized spacial score (nSPS) is 10.5. The van der Waals surface area contributed by atoms with Gasteiger partial charge in [-0.15, -0.1) is 0 Å². The molecular formula is C25H26ClIN2O3. The van der Waals surface area contributed by atoms with E-state index in [0.717, 1.165) is 20.4 Å². The van der Waals surface area contributed by atoms with Gasteiger partial charge in [-0.05, 0) is 90.9 Å². The molecule has 0 aliphatic carbocycles. The number of aryl methyl sites for hydroxylation is 2. The molecule has 168 valence electrons. The van der Waals surface area contributed by atoms with E-state index in [0.29, 0.717) is 35.4 Å². The summed E-state index contributed by atoms with van der Waals surface area (Å²) < 4.78 is 12.5. The monoisotopic (exact) mass is 564 g/mol. The molecule has 0 radical (unpaired) electrons. The maximum Gasteiger partial charge on any atom is 0.262 e. The Bertz CT molecular complexity index is 1090. The number of ether oxygens (including phenoxy) is 2. The van der Waals surface area contributed by atoms with Gasteiger partial charge in [0.25, 0.3) is 5.91 Å². The van der Waals surface area contributed by atoms with Crippen molar-refractivity contribution in [2.75, 3.05) is 23.8 Å². The first-order valence-electron chi connectivity index (χ1n) is 10.3. The summed E-state index contributed by atoms with van der Waals surface area (Å²) in [7, 11) is 0. The van der Waals surface area contributed by atoms with Crippen LogP contribution in [0.3, 0.4) is 0 Å². The van der Waals surface area contributed by atoms with Crippen LogP contribution in [-0.4, -0.2) is 19.1 Å². The fraction of sp³-hybridized carbons (Fsp3) is 0.240. The molecule has 32 heavy (non-hydrogen) atoms. The third kappa shape index (κ3) is 6.77. The lowest BCUT2D eigenvalue weighted by Gasteiger charge is -2.16. The van der Waals surface area contributed by atoms with Gasteiger partial charge in [0.05, 0.1) is 10.2 Å². The van der Waals surface area contributed by atoms with E-state index < -0.39 is 0 Å². The molecule has 0 fully saturated rings. The number of halogens is 2. The average Bonchev–Trinajstić information content (AvgIpc) is 2.75. The van der Waals surface area contributed by atoms with Crippen LogP contribution in [0.5, 0.6) is 11.5 Å². The van der Waals surface area contributed by atoms with Crippen molar-refractivity contribution >= 4 is 51.5 Å². The first-order valence-corrected chi connectivity index (χ1v) is 11.8. The van der Waals surface area contributed by atoms with Crippen LogP contribution in [0.25, 0.3) is 0 Å². The van der Waals surface area contributed by atoms with Gasteiger partial charge in [0.15, 0.2) is 18.1 Å². The van der Waals surface area contributed by atoms with E-state index in [1.807, 2.05) is 38.1 Å². The van der Waals surface area contributed by atoms with Crippen molar-refractivity contribution in [3.8, 4) is 11.5 Å². The molecule has 0 unspecified atom stereocenters. The molecular weight excluding hydrogens is 539 g/mol. The molecule has 0 saturated carbocycles. The number of amides is 1. The molecule has 0 aliphatic heterocycles. The largest absolute Gasteiger partial charge is 0.490 e. The van der Waals surface area contributed by atoms with Gasteiger partial charge in [0, 0.05) is 22.9 Å². The fourth-order valence-corrected chi connectivity index (χ4v) is 4.01. The number of benzene rings is 3. The van der Waals surface area contributed by atoms with Gasteiger partial charge in [-0.2, -0.15) is 0 Å². The molecule has 0 spiro atoms. The minimum absolute atomic E-state index is 0.136. The summed E-state index contributed by atoms with van der Waals surface area (Å²) in [6.45, 7) is 6.90. The van der Waals surface area contributed by atoms with E-state index in [2.05, 4.69) is 64.4 Å². The van der Waals surface area contributed by atoms with Crippen LogP contribution in [0.15, 0.2) is 54.6 Å². The topological polar surface area (TPSA) is 59.6 Å². The minimum Gasteiger partial charge on any atom is -0.490 e. The summed E-state index contributed by atoms with van der Waals surface area (Å²) in [6.07, 6.45) is 0. The highest BCUT2D eigenvalue weighted by Gasteiger charge is 2.14. The maximum absolute atomic E-state index is 12.4. The van der Waals surface area contributed by atoms with Gasteiger partial charge >= 0.3 is 0 Å². The molecule has 7 heteroatoms. The molecule has 5 nitrogen and oxygen atoms in total. The van der Waals surface area contributed by atoms with Gasteiger partial charge in [-0.25, -0.2) is 0 Å². The number of rotatable bonds is 9. The Kier molecular flexibility index (Phi) is 8.64. The van der Waals surface area contributed by atoms with Gasteiger partial charge in [0.2, 0.25) is 0 Å². The molecule has 3 aromatic rings. The van der Waals surface area contributed by atoms with E-state index in [4.69, 9.17) is 21.1 Å². The van der Waals surface area contributed by atoms with Crippen LogP contribution in [0.2, 0.25) is 5.02 Å². The zero-order valence-electron chi connectivity index (χ0n) is 18.3. The van der Waals surface area contributed by atoms with Gasteiger partial charge in [0.1, 0.15) is 0 Å². The average molecular weight is 565 g/mol. The molecule has 2 N–H and O–H groups in total. The SMILES string of the molecule is CCOc1cc(CNc2ccc(C)cc2)cc(I)c1OCC(=O)Nc1ccc(C)c(Cl)c1. The van der Waals surface area contributed by atoms with Crippen molar-refractivity contribution in [3.63, 3.8) is 0 Å². The predicted octanol–water partition coefficient (Wildman–Crippen LogP) is 6.59. The number of hydrogen-bond acceptors (Lipinski definition) is 4. The molecule has 3 aromatic carbocycles. The molecule has 0 atom stereocenters. The predicted molar refractivity (Wildman–Crippen MR) is 139 cm³/mol. The third-order valence-electron chi connectivity index (χ3n) is 4.72. The summed E-state index contributed by atoms with van der Waals surface area (Å²) >= 11 is 8.33. The lowest BCUT2D eigenvalue weighted by molar-refractivity contribution is -0.118. The van der Waals surface area contributed by atoms with Gasteiger partial charge in [-0.1, -0.05) is 35.4 Å². The zero-order valence-corrected chi connectivity index (χ0v) is 21.2. The Balaban J connectivity index is 1.66. The second-order valence-electron chi connectivity index (χ2n) is 7.36. The van der Waals surface area contributed by atoms with Crippen LogP contribution in [0.4, 0.5) is 11.4 Å². The Morgan fingerprint density at radius 2 is 1.72 bits per heavy atom. The lowest BCUT2D eigenvalue weighted by Crippen LogP contribution is -2.20. The first-order chi connectivity index (χ1) is 15.4. The van der Waals surface area contributed by atoms with Crippen molar-refractivity contribution < 1.29 is 14.3 Å². The van der Waals surface area contributed by atoms with Gasteiger partial charge < -0.3 is 20.1 Å². The van der Waals surface area contributed by atoms with Crippen LogP contribution in [-0.2, 0) is 11.3 Å². The molecule has 0 bridgehead atoms. The number of hydrogen-bond donors (Lipinski definition) is 2. The summed E-state index contributed by atoms with van der Waals surface area (Å²) in [5.41, 5.74) is 4.92. The van der Waals surface area contributed by atoms with Crippen LogP contribution in [0, 0.1) is 17.4 Å². The van der Waals surface area contributed by atoms with E-state index in [1.54, 1.807) is 6.07 Å². The molecule has 0 heterocycles. The van der Waals surface area contributed by atoms with E-state index >= 15 is 0 Å². The molecule has 1 amide bonds. The second kappa shape index (κ2) is 11.4. The quantitative estimate of drug-likeness (QED) is 0.288. The highest BCUT2D eigenvalue weighted by atomic mass is 127. The Morgan fingerprint density at radius 3 is 2.41 bits per heavy atom. The summed E-state index contributed by atoms with van der Waals surface area (Å²) in [4.78, 5) is 12.4. The molecule has 0 saturated heterocycles. The summed E-state index contributed by atoms with van der Waals surface area (Å²) in [5, 5.41) is 6.82. The second-order valence-corrected chi connectivity index (χ2v) is 8.93. The Labute approximate surface area is 207 Å². The summed E-state index contributed by atoms with van der Waals surface area (Å²) in [6, 6.07) is 17.6. The van der Waals surface area contributed by atoms with E-state index in [-0.39, 0.29) is 12.5 Å². The van der Waals surface area contributed by atoms with Crippen molar-refractivity contribution in [2.24, 2.45) is 0 Å². The van der Waals surface area contributed by atoms with Crippen LogP contribution >= 0.6 is 34.2 Å². The van der Waals surface area contributed by atoms with E-state index in [1.165, 1.54) is 5.56 Å². The molecule has 0 aliphatic rings. The summed E-state index contributed by atoms with van der Waals surface area (Å²) in [5.74, 6) is 0.906. The van der Waals surface area contributed by atoms with Crippen LogP contribution < -0.4 is 20.1 Å². The third-order valence-corrected chi connectivity index (χ3v) is 5.93. The van der Waals surface area contributed by atoms with E-state index in [9.17, 15) is 4.79 Å². The Morgan fingerprint density at radius 1 is 1.00 bits per heavy atom. The standard InChI is InChI=1S/C25H26ClIN2O3/c1-4-31-23-12-18(14-28-19-8-5-16(2)6-9-19)11-22(27)25(23)32-15-24(30)29-20-10-7-17(3)21(26)13-20/h5-13,28H,4,14-15H2,1-3H3,(H,29,30). The zero-order chi connectivity index (χ0) is 23.1. The Hall–Kier alpha value is -2.45. The van der Waals surface area contributed by atoms with Gasteiger partial charge in [-0.3, -0.25) is 4.79 Å². The minimum atomic E-state index is -0.270. The van der Waals surface area contributed by atoms with Crippen molar-refractivity contribution in [1.82, 2.24) is 0 Å². The number of carbonyl (C=O) groups excluding carboxylic acids is 1.